The zero-order valence-electron chi connectivity index (χ0n) is 16.9. The number of pyridine rings is 2. The van der Waals surface area contributed by atoms with E-state index in [1.54, 1.807) is 18.0 Å². The molecule has 0 aliphatic rings. The number of rotatable bonds is 9. The number of aromatic nitrogens is 2. The Morgan fingerprint density at radius 1 is 1.07 bits per heavy atom. The smallest absolute Gasteiger partial charge is 0.132 e. The van der Waals surface area contributed by atoms with Crippen molar-refractivity contribution in [2.75, 3.05) is 11.9 Å². The predicted octanol–water partition coefficient (Wildman–Crippen LogP) is 5.93. The Labute approximate surface area is 177 Å². The molecule has 0 saturated heterocycles. The highest BCUT2D eigenvalue weighted by Gasteiger charge is 2.07. The van der Waals surface area contributed by atoms with Gasteiger partial charge in [-0.25, -0.2) is 9.97 Å². The van der Waals surface area contributed by atoms with Gasteiger partial charge in [0.2, 0.25) is 0 Å². The van der Waals surface area contributed by atoms with Crippen molar-refractivity contribution in [3.8, 4) is 0 Å². The minimum Gasteiger partial charge on any atom is -0.380 e. The Morgan fingerprint density at radius 3 is 2.66 bits per heavy atom. The molecule has 0 aliphatic carbocycles. The van der Waals surface area contributed by atoms with Crippen molar-refractivity contribution in [1.82, 2.24) is 15.3 Å². The Kier molecular flexibility index (Phi) is 7.47. The number of anilines is 2. The summed E-state index contributed by atoms with van der Waals surface area (Å²) in [5, 5.41) is 7.59. The minimum atomic E-state index is 0.767. The third kappa shape index (κ3) is 6.50. The molecule has 0 radical (unpaired) electrons. The second-order valence-corrected chi connectivity index (χ2v) is 7.73. The fourth-order valence-electron chi connectivity index (χ4n) is 2.80. The Hall–Kier alpha value is -3.05. The normalized spacial score (nSPS) is 11.2. The lowest BCUT2D eigenvalue weighted by Gasteiger charge is -2.12. The number of nitrogens with one attached hydrogen (secondary N) is 2. The lowest BCUT2D eigenvalue weighted by molar-refractivity contribution is 0.825. The molecule has 148 valence electrons. The van der Waals surface area contributed by atoms with Crippen molar-refractivity contribution in [2.24, 2.45) is 0 Å². The van der Waals surface area contributed by atoms with E-state index in [1.807, 2.05) is 50.2 Å². The van der Waals surface area contributed by atoms with Crippen LogP contribution >= 0.6 is 11.8 Å². The highest BCUT2D eigenvalue weighted by Crippen LogP contribution is 2.31. The number of aryl methyl sites for hydroxylation is 1. The van der Waals surface area contributed by atoms with Crippen LogP contribution in [0.4, 0.5) is 11.6 Å². The van der Waals surface area contributed by atoms with Crippen LogP contribution in [0.5, 0.6) is 0 Å². The second-order valence-electron chi connectivity index (χ2n) is 6.59. The maximum atomic E-state index is 4.74. The van der Waals surface area contributed by atoms with E-state index < -0.39 is 0 Å². The molecule has 4 nitrogen and oxygen atoms in total. The van der Waals surface area contributed by atoms with Crippen LogP contribution in [0, 0.1) is 6.92 Å². The van der Waals surface area contributed by atoms with E-state index >= 15 is 0 Å². The summed E-state index contributed by atoms with van der Waals surface area (Å²) < 4.78 is 0. The molecule has 1 aromatic carbocycles. The van der Waals surface area contributed by atoms with Crippen molar-refractivity contribution < 1.29 is 0 Å². The summed E-state index contributed by atoms with van der Waals surface area (Å²) in [5.41, 5.74) is 3.37. The summed E-state index contributed by atoms with van der Waals surface area (Å²) in [5.74, 6) is 1.56. The van der Waals surface area contributed by atoms with Gasteiger partial charge >= 0.3 is 0 Å². The van der Waals surface area contributed by atoms with Gasteiger partial charge < -0.3 is 10.6 Å². The molecule has 29 heavy (non-hydrogen) atoms. The van der Waals surface area contributed by atoms with Crippen LogP contribution in [-0.2, 0) is 6.42 Å². The topological polar surface area (TPSA) is 49.8 Å². The molecule has 3 aromatic rings. The molecule has 0 fully saturated rings. The summed E-state index contributed by atoms with van der Waals surface area (Å²) in [6.45, 7) is 9.07. The van der Waals surface area contributed by atoms with Gasteiger partial charge in [0.15, 0.2) is 0 Å². The Balaban J connectivity index is 1.58. The van der Waals surface area contributed by atoms with E-state index in [0.29, 0.717) is 0 Å². The van der Waals surface area contributed by atoms with Crippen molar-refractivity contribution >= 4 is 28.3 Å². The van der Waals surface area contributed by atoms with Crippen LogP contribution in [0.15, 0.2) is 84.5 Å². The van der Waals surface area contributed by atoms with Gasteiger partial charge in [0, 0.05) is 17.6 Å². The minimum absolute atomic E-state index is 0.767. The van der Waals surface area contributed by atoms with Gasteiger partial charge in [-0.1, -0.05) is 60.8 Å². The highest BCUT2D eigenvalue weighted by atomic mass is 32.2. The first-order valence-electron chi connectivity index (χ1n) is 9.62. The molecule has 0 aliphatic heterocycles. The maximum absolute atomic E-state index is 4.74. The summed E-state index contributed by atoms with van der Waals surface area (Å²) >= 11 is 1.60. The molecular formula is C24H26N4S. The molecule has 0 unspecified atom stereocenters. The van der Waals surface area contributed by atoms with E-state index in [1.165, 1.54) is 5.56 Å². The van der Waals surface area contributed by atoms with Gasteiger partial charge in [0.25, 0.3) is 0 Å². The highest BCUT2D eigenvalue weighted by molar-refractivity contribution is 8.11. The second kappa shape index (κ2) is 10.5. The Morgan fingerprint density at radius 2 is 1.90 bits per heavy atom. The van der Waals surface area contributed by atoms with Crippen LogP contribution in [0.3, 0.4) is 0 Å². The summed E-state index contributed by atoms with van der Waals surface area (Å²) in [4.78, 5) is 10.1. The van der Waals surface area contributed by atoms with E-state index in [0.717, 1.165) is 45.8 Å². The molecule has 0 spiro atoms. The van der Waals surface area contributed by atoms with E-state index in [2.05, 4.69) is 52.5 Å². The third-order valence-electron chi connectivity index (χ3n) is 4.25. The number of allylic oxidation sites excluding steroid dienone is 1. The van der Waals surface area contributed by atoms with Gasteiger partial charge in [-0.3, -0.25) is 0 Å². The summed E-state index contributed by atoms with van der Waals surface area (Å²) in [6.07, 6.45) is 4.82. The lowest BCUT2D eigenvalue weighted by atomic mass is 10.1. The number of hydrogen-bond donors (Lipinski definition) is 2. The lowest BCUT2D eigenvalue weighted by Crippen LogP contribution is -2.14. The van der Waals surface area contributed by atoms with Gasteiger partial charge in [-0.05, 0) is 55.7 Å². The zero-order valence-corrected chi connectivity index (χ0v) is 17.7. The first kappa shape index (κ1) is 20.7. The van der Waals surface area contributed by atoms with Gasteiger partial charge in [0.05, 0.1) is 10.7 Å². The number of hydrogen-bond acceptors (Lipinski definition) is 5. The molecule has 2 N–H and O–H groups in total. The van der Waals surface area contributed by atoms with Gasteiger partial charge in [-0.2, -0.15) is 0 Å². The molecule has 0 saturated carbocycles. The van der Waals surface area contributed by atoms with Gasteiger partial charge in [-0.15, -0.1) is 0 Å². The monoisotopic (exact) mass is 402 g/mol. The van der Waals surface area contributed by atoms with E-state index in [-0.39, 0.29) is 0 Å². The zero-order chi connectivity index (χ0) is 20.5. The van der Waals surface area contributed by atoms with Gasteiger partial charge in [0.1, 0.15) is 11.6 Å². The largest absolute Gasteiger partial charge is 0.380 e. The number of benzene rings is 1. The van der Waals surface area contributed by atoms with Crippen LogP contribution in [0.2, 0.25) is 0 Å². The number of thioether (sulfide) groups is 1. The van der Waals surface area contributed by atoms with Crippen molar-refractivity contribution in [2.45, 2.75) is 20.3 Å². The molecule has 2 aromatic heterocycles. The van der Waals surface area contributed by atoms with Crippen LogP contribution in [0.25, 0.3) is 4.91 Å². The standard InChI is InChI=1S/C24H26N4S/c1-4-22(29-19(3)25-16-14-20-9-6-5-7-10-20)21-11-8-12-23(27-21)28-24-17-18(2)13-15-26-24/h4-13,15,17,25H,3,14,16H2,1-2H3,(H,26,27,28)/b22-4-. The molecule has 0 atom stereocenters. The fraction of sp³-hybridized carbons (Fsp3) is 0.167. The Bertz CT molecular complexity index is 983. The molecule has 0 bridgehead atoms. The average molecular weight is 403 g/mol. The van der Waals surface area contributed by atoms with Crippen LogP contribution < -0.4 is 10.6 Å². The van der Waals surface area contributed by atoms with E-state index in [4.69, 9.17) is 4.98 Å². The van der Waals surface area contributed by atoms with Crippen molar-refractivity contribution in [3.63, 3.8) is 0 Å². The van der Waals surface area contributed by atoms with Crippen molar-refractivity contribution in [3.05, 3.63) is 101 Å². The van der Waals surface area contributed by atoms with E-state index in [9.17, 15) is 0 Å². The van der Waals surface area contributed by atoms with Crippen LogP contribution in [-0.4, -0.2) is 16.5 Å². The first-order valence-corrected chi connectivity index (χ1v) is 10.4. The number of nitrogens with zero attached hydrogens (tertiary/aromatic N) is 2. The average Bonchev–Trinajstić information content (AvgIpc) is 2.73. The maximum Gasteiger partial charge on any atom is 0.132 e. The SMILES string of the molecule is C=C(NCCc1ccccc1)S/C(=C\C)c1cccc(Nc2cc(C)ccn2)n1. The fourth-order valence-corrected chi connectivity index (χ4v) is 3.57. The van der Waals surface area contributed by atoms with Crippen LogP contribution in [0.1, 0.15) is 23.7 Å². The predicted molar refractivity (Wildman–Crippen MR) is 125 cm³/mol. The molecule has 3 rings (SSSR count). The quantitative estimate of drug-likeness (QED) is 0.465. The first-order chi connectivity index (χ1) is 14.1. The van der Waals surface area contributed by atoms with Crippen molar-refractivity contribution in [1.29, 1.82) is 0 Å². The summed E-state index contributed by atoms with van der Waals surface area (Å²) in [6, 6.07) is 20.4. The molecule has 0 amide bonds. The third-order valence-corrected chi connectivity index (χ3v) is 5.30. The molecule has 5 heteroatoms. The molecule has 2 heterocycles. The molecular weight excluding hydrogens is 376 g/mol. The summed E-state index contributed by atoms with van der Waals surface area (Å²) in [7, 11) is 0.